The molecule has 0 unspecified atom stereocenters. The van der Waals surface area contributed by atoms with E-state index < -0.39 is 43.0 Å². The second-order valence-electron chi connectivity index (χ2n) is 6.38. The van der Waals surface area contributed by atoms with Crippen LogP contribution in [0.5, 0.6) is 0 Å². The number of likely N-dealkylation sites (N-methyl/N-ethyl adjacent to an activating group) is 1. The fourth-order valence-electron chi connectivity index (χ4n) is 3.16. The number of rotatable bonds is 7. The van der Waals surface area contributed by atoms with Crippen molar-refractivity contribution >= 4 is 5.91 Å². The molecule has 140 valence electrons. The zero-order valence-electron chi connectivity index (χ0n) is 14.4. The first-order valence-corrected chi connectivity index (χ1v) is 8.68. The number of hydrogen-bond acceptors (Lipinski definition) is 5. The van der Waals surface area contributed by atoms with Crippen molar-refractivity contribution in [3.05, 3.63) is 35.9 Å². The monoisotopic (exact) mass is 354 g/mol. The molecule has 1 amide bonds. The van der Waals surface area contributed by atoms with Gasteiger partial charge in [0, 0.05) is 13.1 Å². The summed E-state index contributed by atoms with van der Waals surface area (Å²) in [6.45, 7) is 1.83. The highest BCUT2D eigenvalue weighted by molar-refractivity contribution is 5.83. The lowest BCUT2D eigenvalue weighted by Gasteiger charge is -2.41. The first-order valence-electron chi connectivity index (χ1n) is 8.68. The molecular weight excluding hydrogens is 327 g/mol. The topological polar surface area (TPSA) is 93.0 Å². The molecule has 25 heavy (non-hydrogen) atoms. The van der Waals surface area contributed by atoms with Gasteiger partial charge >= 0.3 is 0 Å². The summed E-state index contributed by atoms with van der Waals surface area (Å²) in [4.78, 5) is 14.3. The number of halogens is 1. The van der Waals surface area contributed by atoms with Gasteiger partial charge in [0.25, 0.3) is 0 Å². The Morgan fingerprint density at radius 3 is 2.44 bits per heavy atom. The summed E-state index contributed by atoms with van der Waals surface area (Å²) < 4.78 is 13.0. The van der Waals surface area contributed by atoms with Gasteiger partial charge in [0.05, 0.1) is 6.04 Å². The molecule has 0 saturated carbocycles. The predicted molar refractivity (Wildman–Crippen MR) is 91.7 cm³/mol. The zero-order valence-corrected chi connectivity index (χ0v) is 14.4. The number of carbonyl (C=O) groups excluding carboxylic acids is 1. The highest BCUT2D eigenvalue weighted by Gasteiger charge is 2.46. The standard InChI is InChI=1S/C18H27FN2O4/c1-2-21(10-6-9-12-7-4-3-5-8-12)18(25)14-16(23)17(24)15(22)13(11-19)20-14/h3-5,7-8,13-17,20,22-24H,2,6,9-11H2,1H3/t13-,14+,15-,16-,17+/m1/s1. The molecule has 1 aliphatic rings. The Balaban J connectivity index is 1.95. The summed E-state index contributed by atoms with van der Waals surface area (Å²) in [5.41, 5.74) is 1.18. The first kappa shape index (κ1) is 19.8. The van der Waals surface area contributed by atoms with Crippen LogP contribution >= 0.6 is 0 Å². The van der Waals surface area contributed by atoms with Crippen molar-refractivity contribution in [2.45, 2.75) is 50.2 Å². The SMILES string of the molecule is CCN(CCCc1ccccc1)C(=O)[C@H]1N[C@H](CF)[C@@H](O)[C@H](O)[C@@H]1O. The molecule has 0 aromatic heterocycles. The van der Waals surface area contributed by atoms with Gasteiger partial charge in [0.15, 0.2) is 0 Å². The van der Waals surface area contributed by atoms with Gasteiger partial charge in [-0.2, -0.15) is 0 Å². The molecule has 1 aromatic carbocycles. The first-order chi connectivity index (χ1) is 12.0. The molecule has 0 radical (unpaired) electrons. The molecular formula is C18H27FN2O4. The molecule has 5 atom stereocenters. The lowest BCUT2D eigenvalue weighted by atomic mass is 9.90. The van der Waals surface area contributed by atoms with E-state index in [9.17, 15) is 24.5 Å². The summed E-state index contributed by atoms with van der Waals surface area (Å²) in [6.07, 6.45) is -2.91. The Bertz CT molecular complexity index is 543. The fraction of sp³-hybridized carbons (Fsp3) is 0.611. The van der Waals surface area contributed by atoms with Gasteiger partial charge in [-0.3, -0.25) is 10.1 Å². The van der Waals surface area contributed by atoms with E-state index in [4.69, 9.17) is 0 Å². The van der Waals surface area contributed by atoms with Gasteiger partial charge in [-0.25, -0.2) is 4.39 Å². The Labute approximate surface area is 147 Å². The van der Waals surface area contributed by atoms with E-state index in [1.807, 2.05) is 37.3 Å². The summed E-state index contributed by atoms with van der Waals surface area (Å²) >= 11 is 0. The highest BCUT2D eigenvalue weighted by atomic mass is 19.1. The summed E-state index contributed by atoms with van der Waals surface area (Å²) in [6, 6.07) is 7.71. The fourth-order valence-corrected chi connectivity index (χ4v) is 3.16. The van der Waals surface area contributed by atoms with Gasteiger partial charge < -0.3 is 20.2 Å². The Morgan fingerprint density at radius 1 is 1.16 bits per heavy atom. The number of nitrogens with zero attached hydrogens (tertiary/aromatic N) is 1. The van der Waals surface area contributed by atoms with Crippen LogP contribution in [0.3, 0.4) is 0 Å². The van der Waals surface area contributed by atoms with Crippen LogP contribution in [0.4, 0.5) is 4.39 Å². The summed E-state index contributed by atoms with van der Waals surface area (Å²) in [5.74, 6) is -0.396. The number of aliphatic hydroxyl groups excluding tert-OH is 3. The Morgan fingerprint density at radius 2 is 1.84 bits per heavy atom. The molecule has 4 N–H and O–H groups in total. The molecule has 0 aliphatic carbocycles. The molecule has 1 heterocycles. The van der Waals surface area contributed by atoms with E-state index in [1.54, 1.807) is 4.90 Å². The zero-order chi connectivity index (χ0) is 18.4. The highest BCUT2D eigenvalue weighted by Crippen LogP contribution is 2.18. The largest absolute Gasteiger partial charge is 0.389 e. The third kappa shape index (κ3) is 4.76. The average molecular weight is 354 g/mol. The number of hydrogen-bond donors (Lipinski definition) is 4. The van der Waals surface area contributed by atoms with Crippen LogP contribution in [0.15, 0.2) is 30.3 Å². The summed E-state index contributed by atoms with van der Waals surface area (Å²) in [7, 11) is 0. The second kappa shape index (κ2) is 9.24. The normalized spacial score (nSPS) is 29.4. The molecule has 1 aromatic rings. The molecule has 1 fully saturated rings. The lowest BCUT2D eigenvalue weighted by molar-refractivity contribution is -0.152. The second-order valence-corrected chi connectivity index (χ2v) is 6.38. The molecule has 1 saturated heterocycles. The maximum absolute atomic E-state index is 13.0. The van der Waals surface area contributed by atoms with Crippen molar-refractivity contribution < 1.29 is 24.5 Å². The van der Waals surface area contributed by atoms with Gasteiger partial charge in [-0.1, -0.05) is 30.3 Å². The number of aryl methyl sites for hydroxylation is 1. The number of alkyl halides is 1. The van der Waals surface area contributed by atoms with E-state index in [1.165, 1.54) is 5.56 Å². The Hall–Kier alpha value is -1.54. The number of benzene rings is 1. The molecule has 1 aliphatic heterocycles. The van der Waals surface area contributed by atoms with Gasteiger partial charge in [0.1, 0.15) is 31.0 Å². The van der Waals surface area contributed by atoms with E-state index in [0.29, 0.717) is 13.1 Å². The molecule has 2 rings (SSSR count). The summed E-state index contributed by atoms with van der Waals surface area (Å²) in [5, 5.41) is 32.3. The number of aliphatic hydroxyl groups is 3. The molecule has 6 nitrogen and oxygen atoms in total. The smallest absolute Gasteiger partial charge is 0.242 e. The van der Waals surface area contributed by atoms with E-state index >= 15 is 0 Å². The van der Waals surface area contributed by atoms with Crippen LogP contribution < -0.4 is 5.32 Å². The van der Waals surface area contributed by atoms with Gasteiger partial charge in [0.2, 0.25) is 5.91 Å². The van der Waals surface area contributed by atoms with Crippen LogP contribution in [-0.4, -0.2) is 76.3 Å². The van der Waals surface area contributed by atoms with E-state index in [2.05, 4.69) is 5.32 Å². The number of piperidine rings is 1. The molecule has 7 heteroatoms. The van der Waals surface area contributed by atoms with Crippen molar-refractivity contribution in [2.24, 2.45) is 0 Å². The van der Waals surface area contributed by atoms with Gasteiger partial charge in [-0.05, 0) is 25.3 Å². The van der Waals surface area contributed by atoms with Crippen molar-refractivity contribution in [1.82, 2.24) is 10.2 Å². The molecule has 0 spiro atoms. The van der Waals surface area contributed by atoms with Crippen molar-refractivity contribution in [3.63, 3.8) is 0 Å². The minimum absolute atomic E-state index is 0.396. The average Bonchev–Trinajstić information content (AvgIpc) is 2.64. The maximum atomic E-state index is 13.0. The van der Waals surface area contributed by atoms with Crippen molar-refractivity contribution in [3.8, 4) is 0 Å². The van der Waals surface area contributed by atoms with Crippen molar-refractivity contribution in [2.75, 3.05) is 19.8 Å². The maximum Gasteiger partial charge on any atom is 0.242 e. The van der Waals surface area contributed by atoms with Crippen LogP contribution in [0, 0.1) is 0 Å². The number of amides is 1. The minimum atomic E-state index is -1.56. The quantitative estimate of drug-likeness (QED) is 0.547. The van der Waals surface area contributed by atoms with E-state index in [-0.39, 0.29) is 0 Å². The third-order valence-electron chi connectivity index (χ3n) is 4.71. The lowest BCUT2D eigenvalue weighted by Crippen LogP contribution is -2.69. The van der Waals surface area contributed by atoms with Crippen LogP contribution in [0.2, 0.25) is 0 Å². The Kier molecular flexibility index (Phi) is 7.31. The predicted octanol–water partition coefficient (Wildman–Crippen LogP) is -0.140. The van der Waals surface area contributed by atoms with Gasteiger partial charge in [-0.15, -0.1) is 0 Å². The van der Waals surface area contributed by atoms with Crippen molar-refractivity contribution in [1.29, 1.82) is 0 Å². The molecule has 0 bridgehead atoms. The van der Waals surface area contributed by atoms with Crippen LogP contribution in [0.1, 0.15) is 18.9 Å². The van der Waals surface area contributed by atoms with Crippen LogP contribution in [0.25, 0.3) is 0 Å². The minimum Gasteiger partial charge on any atom is -0.389 e. The van der Waals surface area contributed by atoms with E-state index in [0.717, 1.165) is 12.8 Å². The number of carbonyl (C=O) groups is 1. The van der Waals surface area contributed by atoms with Crippen LogP contribution in [-0.2, 0) is 11.2 Å². The number of nitrogens with one attached hydrogen (secondary N) is 1. The third-order valence-corrected chi connectivity index (χ3v) is 4.71.